The summed E-state index contributed by atoms with van der Waals surface area (Å²) in [5, 5.41) is 14.0. The van der Waals surface area contributed by atoms with E-state index < -0.39 is 18.2 Å². The third-order valence-corrected chi connectivity index (χ3v) is 8.72. The lowest BCUT2D eigenvalue weighted by atomic mass is 9.94. The number of amides is 3. The van der Waals surface area contributed by atoms with Crippen LogP contribution in [0, 0.1) is 5.92 Å². The molecule has 1 aromatic carbocycles. The molecular weight excluding hydrogens is 508 g/mol. The summed E-state index contributed by atoms with van der Waals surface area (Å²) in [6, 6.07) is 9.40. The van der Waals surface area contributed by atoms with Gasteiger partial charge in [-0.2, -0.15) is 0 Å². The van der Waals surface area contributed by atoms with Gasteiger partial charge in [0.15, 0.2) is 0 Å². The highest BCUT2D eigenvalue weighted by Crippen LogP contribution is 2.33. The summed E-state index contributed by atoms with van der Waals surface area (Å²) in [6.45, 7) is 2.99. The summed E-state index contributed by atoms with van der Waals surface area (Å²) in [4.78, 5) is 48.1. The van der Waals surface area contributed by atoms with Crippen molar-refractivity contribution in [2.75, 3.05) is 27.2 Å². The average molecular weight is 545 g/mol. The Balaban J connectivity index is 1.25. The molecule has 2 atom stereocenters. The molecule has 0 aliphatic carbocycles. The highest BCUT2D eigenvalue weighted by molar-refractivity contribution is 6.05. The molecule has 0 spiro atoms. The number of nitrogens with one attached hydrogen (secondary N) is 1. The molecule has 5 heterocycles. The van der Waals surface area contributed by atoms with E-state index in [1.54, 1.807) is 4.90 Å². The largest absolute Gasteiger partial charge is 0.378 e. The van der Waals surface area contributed by atoms with Gasteiger partial charge < -0.3 is 14.6 Å². The van der Waals surface area contributed by atoms with Crippen LogP contribution in [0.25, 0.3) is 22.3 Å². The number of hydrogen-bond acceptors (Lipinski definition) is 7. The molecule has 6 rings (SSSR count). The van der Waals surface area contributed by atoms with Crippen molar-refractivity contribution < 1.29 is 19.5 Å². The molecule has 2 saturated heterocycles. The van der Waals surface area contributed by atoms with E-state index in [0.29, 0.717) is 18.5 Å². The first-order valence-corrected chi connectivity index (χ1v) is 14.0. The van der Waals surface area contributed by atoms with E-state index in [2.05, 4.69) is 22.3 Å². The van der Waals surface area contributed by atoms with E-state index in [1.165, 1.54) is 5.56 Å². The van der Waals surface area contributed by atoms with Crippen LogP contribution in [0.4, 0.5) is 0 Å². The van der Waals surface area contributed by atoms with E-state index in [-0.39, 0.29) is 24.2 Å². The number of aliphatic hydroxyl groups excluding tert-OH is 1. The maximum atomic E-state index is 13.2. The van der Waals surface area contributed by atoms with Crippen molar-refractivity contribution in [3.8, 4) is 11.3 Å². The Bertz CT molecular complexity index is 1490. The van der Waals surface area contributed by atoms with Crippen molar-refractivity contribution in [1.29, 1.82) is 0 Å². The van der Waals surface area contributed by atoms with Gasteiger partial charge in [0.2, 0.25) is 11.8 Å². The van der Waals surface area contributed by atoms with Gasteiger partial charge >= 0.3 is 0 Å². The minimum Gasteiger partial charge on any atom is -0.378 e. The normalized spacial score (nSPS) is 21.4. The van der Waals surface area contributed by atoms with Gasteiger partial charge in [0.1, 0.15) is 17.9 Å². The lowest BCUT2D eigenvalue weighted by Crippen LogP contribution is -2.52. The number of benzene rings is 1. The third-order valence-electron chi connectivity index (χ3n) is 8.72. The molecule has 210 valence electrons. The number of aliphatic hydroxyl groups is 1. The summed E-state index contributed by atoms with van der Waals surface area (Å²) in [6.07, 6.45) is 4.11. The van der Waals surface area contributed by atoms with Crippen molar-refractivity contribution in [2.24, 2.45) is 13.0 Å². The molecule has 2 fully saturated rings. The van der Waals surface area contributed by atoms with E-state index in [0.717, 1.165) is 60.3 Å². The number of pyridine rings is 1. The van der Waals surface area contributed by atoms with Crippen LogP contribution in [0.5, 0.6) is 0 Å². The molecule has 10 heteroatoms. The summed E-state index contributed by atoms with van der Waals surface area (Å²) >= 11 is 0. The zero-order chi connectivity index (χ0) is 28.1. The number of imide groups is 1. The molecule has 2 aromatic heterocycles. The quantitative estimate of drug-likeness (QED) is 0.361. The maximum Gasteiger partial charge on any atom is 0.255 e. The molecule has 3 aromatic rings. The predicted molar refractivity (Wildman–Crippen MR) is 150 cm³/mol. The summed E-state index contributed by atoms with van der Waals surface area (Å²) in [5.74, 6) is -0.588. The predicted octanol–water partition coefficient (Wildman–Crippen LogP) is 2.09. The second-order valence-corrected chi connectivity index (χ2v) is 11.6. The Morgan fingerprint density at radius 1 is 1.10 bits per heavy atom. The van der Waals surface area contributed by atoms with Crippen LogP contribution in [0.15, 0.2) is 36.5 Å². The summed E-state index contributed by atoms with van der Waals surface area (Å²) < 4.78 is 2.03. The Hall–Kier alpha value is -3.60. The third kappa shape index (κ3) is 4.80. The Morgan fingerprint density at radius 2 is 1.88 bits per heavy atom. The van der Waals surface area contributed by atoms with E-state index in [9.17, 15) is 19.5 Å². The first-order chi connectivity index (χ1) is 19.2. The van der Waals surface area contributed by atoms with Crippen LogP contribution >= 0.6 is 0 Å². The fourth-order valence-corrected chi connectivity index (χ4v) is 6.38. The van der Waals surface area contributed by atoms with Crippen molar-refractivity contribution in [3.05, 3.63) is 53.2 Å². The Labute approximate surface area is 233 Å². The second-order valence-electron chi connectivity index (χ2n) is 11.6. The summed E-state index contributed by atoms with van der Waals surface area (Å²) in [7, 11) is 5.84. The van der Waals surface area contributed by atoms with Crippen LogP contribution in [-0.4, -0.2) is 86.5 Å². The molecule has 2 N–H and O–H groups in total. The monoisotopic (exact) mass is 544 g/mol. The molecule has 3 amide bonds. The lowest BCUT2D eigenvalue weighted by molar-refractivity contribution is -0.136. The number of carbonyl (C=O) groups is 3. The van der Waals surface area contributed by atoms with Gasteiger partial charge in [0.05, 0.1) is 5.69 Å². The first kappa shape index (κ1) is 26.6. The van der Waals surface area contributed by atoms with Gasteiger partial charge in [-0.25, -0.2) is 4.98 Å². The van der Waals surface area contributed by atoms with Crippen LogP contribution in [0.1, 0.15) is 47.2 Å². The van der Waals surface area contributed by atoms with Gasteiger partial charge in [-0.3, -0.25) is 29.5 Å². The molecule has 0 radical (unpaired) electrons. The fourth-order valence-electron chi connectivity index (χ4n) is 6.38. The molecule has 10 nitrogen and oxygen atoms in total. The number of hydrogen-bond donors (Lipinski definition) is 2. The van der Waals surface area contributed by atoms with Crippen molar-refractivity contribution in [3.63, 3.8) is 0 Å². The number of likely N-dealkylation sites (tertiary alicyclic amines) is 1. The van der Waals surface area contributed by atoms with Crippen LogP contribution < -0.4 is 5.32 Å². The molecule has 3 aliphatic rings. The number of aryl methyl sites for hydroxylation is 1. The Kier molecular flexibility index (Phi) is 6.93. The molecule has 0 saturated carbocycles. The van der Waals surface area contributed by atoms with Gasteiger partial charge in [-0.05, 0) is 81.8 Å². The van der Waals surface area contributed by atoms with E-state index >= 15 is 0 Å². The summed E-state index contributed by atoms with van der Waals surface area (Å²) in [5.41, 5.74) is 5.34. The first-order valence-electron chi connectivity index (χ1n) is 14.0. The number of aromatic nitrogens is 2. The smallest absolute Gasteiger partial charge is 0.255 e. The van der Waals surface area contributed by atoms with E-state index in [1.807, 2.05) is 55.0 Å². The standard InChI is InChI=1S/C30H36N6O4/c1-33(2)29(39)18-8-12-35(13-9-18)16-21-15-24(31-27-22(21)10-11-34(27)3)19-4-5-23-20(14-19)17-36(30(23)40)25-6-7-26(37)32-28(25)38/h4-5,10-11,14-15,18,25,29,39H,6-9,12-13,16-17H2,1-3H3,(H,32,37,38). The Morgan fingerprint density at radius 3 is 2.60 bits per heavy atom. The van der Waals surface area contributed by atoms with Crippen molar-refractivity contribution >= 4 is 28.8 Å². The van der Waals surface area contributed by atoms with E-state index in [4.69, 9.17) is 4.98 Å². The maximum absolute atomic E-state index is 13.2. The number of nitrogens with zero attached hydrogens (tertiary/aromatic N) is 5. The minimum atomic E-state index is -0.631. The minimum absolute atomic E-state index is 0.176. The second kappa shape index (κ2) is 10.4. The van der Waals surface area contributed by atoms with Crippen LogP contribution in [0.2, 0.25) is 0 Å². The SMILES string of the molecule is CN(C)C(O)C1CCN(Cc2cc(-c3ccc4c(c3)CN(C3CCC(=O)NC3=O)C4=O)nc3c2ccn3C)CC1. The molecule has 0 bridgehead atoms. The topological polar surface area (TPSA) is 111 Å². The number of fused-ring (bicyclic) bond motifs is 2. The highest BCUT2D eigenvalue weighted by Gasteiger charge is 2.39. The number of rotatable bonds is 6. The molecular formula is C30H36N6O4. The number of piperidine rings is 2. The van der Waals surface area contributed by atoms with Crippen molar-refractivity contribution in [2.45, 2.75) is 51.0 Å². The average Bonchev–Trinajstić information content (AvgIpc) is 3.48. The van der Waals surface area contributed by atoms with Crippen molar-refractivity contribution in [1.82, 2.24) is 29.6 Å². The molecule has 3 aliphatic heterocycles. The zero-order valence-corrected chi connectivity index (χ0v) is 23.3. The fraction of sp³-hybridized carbons (Fsp3) is 0.467. The van der Waals surface area contributed by atoms with Gasteiger partial charge in [0.25, 0.3) is 5.91 Å². The highest BCUT2D eigenvalue weighted by atomic mass is 16.3. The van der Waals surface area contributed by atoms with Crippen LogP contribution in [-0.2, 0) is 29.7 Å². The van der Waals surface area contributed by atoms with Gasteiger partial charge in [0, 0.05) is 55.2 Å². The van der Waals surface area contributed by atoms with Crippen LogP contribution in [0.3, 0.4) is 0 Å². The lowest BCUT2D eigenvalue weighted by Gasteiger charge is -2.36. The molecule has 40 heavy (non-hydrogen) atoms. The van der Waals surface area contributed by atoms with Gasteiger partial charge in [-0.1, -0.05) is 6.07 Å². The van der Waals surface area contributed by atoms with Gasteiger partial charge in [-0.15, -0.1) is 0 Å². The zero-order valence-electron chi connectivity index (χ0n) is 23.3. The number of carbonyl (C=O) groups excluding carboxylic acids is 3. The molecule has 2 unspecified atom stereocenters.